The Labute approximate surface area is 152 Å². The van der Waals surface area contributed by atoms with E-state index < -0.39 is 0 Å². The fourth-order valence-electron chi connectivity index (χ4n) is 2.95. The fraction of sp³-hybridized carbons (Fsp3) is 0.529. The van der Waals surface area contributed by atoms with Gasteiger partial charge in [-0.3, -0.25) is 4.79 Å². The summed E-state index contributed by atoms with van der Waals surface area (Å²) in [6.07, 6.45) is 4.69. The molecule has 0 spiro atoms. The first-order valence-corrected chi connectivity index (χ1v) is 9.55. The van der Waals surface area contributed by atoms with Crippen LogP contribution in [-0.4, -0.2) is 46.0 Å². The van der Waals surface area contributed by atoms with E-state index in [4.69, 9.17) is 0 Å². The lowest BCUT2D eigenvalue weighted by molar-refractivity contribution is -0.118. The Morgan fingerprint density at radius 3 is 2.68 bits per heavy atom. The molecule has 0 aliphatic heterocycles. The van der Waals surface area contributed by atoms with E-state index in [1.165, 1.54) is 24.6 Å². The van der Waals surface area contributed by atoms with Gasteiger partial charge < -0.3 is 10.2 Å². The molecule has 0 unspecified atom stereocenters. The van der Waals surface area contributed by atoms with Gasteiger partial charge in [-0.1, -0.05) is 36.7 Å². The van der Waals surface area contributed by atoms with Gasteiger partial charge in [0.05, 0.1) is 11.8 Å². The molecule has 0 bridgehead atoms. The van der Waals surface area contributed by atoms with Crippen LogP contribution in [-0.2, 0) is 11.3 Å². The monoisotopic (exact) mass is 360 g/mol. The first kappa shape index (κ1) is 17.7. The van der Waals surface area contributed by atoms with Crippen LogP contribution >= 0.6 is 11.8 Å². The highest BCUT2D eigenvalue weighted by Crippen LogP contribution is 2.31. The Kier molecular flexibility index (Phi) is 5.91. The molecule has 1 aliphatic rings. The van der Waals surface area contributed by atoms with Crippen LogP contribution in [0.3, 0.4) is 0 Å². The van der Waals surface area contributed by atoms with Crippen molar-refractivity contribution in [2.75, 3.05) is 24.7 Å². The number of benzene rings is 1. The molecule has 0 atom stereocenters. The largest absolute Gasteiger partial charge is 0.378 e. The summed E-state index contributed by atoms with van der Waals surface area (Å²) in [5, 5.41) is 15.6. The molecule has 1 aliphatic carbocycles. The molecule has 1 aromatic carbocycles. The van der Waals surface area contributed by atoms with Gasteiger partial charge in [-0.2, -0.15) is 0 Å². The lowest BCUT2D eigenvalue weighted by Gasteiger charge is -2.13. The van der Waals surface area contributed by atoms with Crippen molar-refractivity contribution in [3.05, 3.63) is 29.8 Å². The van der Waals surface area contributed by atoms with Crippen LogP contribution in [0.5, 0.6) is 0 Å². The number of tetrazole rings is 1. The SMILES string of the molecule is CN(C)c1ccc(CNC(=O)CSc2nnnn2C2CCCC2)cc1. The van der Waals surface area contributed by atoms with Gasteiger partial charge in [0.2, 0.25) is 11.1 Å². The standard InChI is InChI=1S/C17H24N6OS/c1-22(2)14-9-7-13(8-10-14)11-18-16(24)12-25-17-19-20-21-23(17)15-5-3-4-6-15/h7-10,15H,3-6,11-12H2,1-2H3,(H,18,24). The first-order valence-electron chi connectivity index (χ1n) is 8.57. The van der Waals surface area contributed by atoms with Gasteiger partial charge in [-0.15, -0.1) is 5.10 Å². The normalized spacial score (nSPS) is 14.6. The summed E-state index contributed by atoms with van der Waals surface area (Å²) in [4.78, 5) is 14.2. The number of anilines is 1. The molecule has 134 valence electrons. The van der Waals surface area contributed by atoms with Gasteiger partial charge in [0.25, 0.3) is 0 Å². The van der Waals surface area contributed by atoms with E-state index in [1.807, 2.05) is 47.9 Å². The van der Waals surface area contributed by atoms with Crippen molar-refractivity contribution in [2.24, 2.45) is 0 Å². The Hall–Kier alpha value is -2.09. The number of amides is 1. The molecular formula is C17H24N6OS. The third kappa shape index (κ3) is 4.72. The summed E-state index contributed by atoms with van der Waals surface area (Å²) in [6, 6.07) is 8.54. The molecule has 0 radical (unpaired) electrons. The second kappa shape index (κ2) is 8.33. The van der Waals surface area contributed by atoms with Crippen LogP contribution < -0.4 is 10.2 Å². The molecule has 1 aromatic heterocycles. The number of nitrogens with zero attached hydrogens (tertiary/aromatic N) is 5. The highest BCUT2D eigenvalue weighted by Gasteiger charge is 2.22. The number of thioether (sulfide) groups is 1. The lowest BCUT2D eigenvalue weighted by atomic mass is 10.2. The number of hydrogen-bond acceptors (Lipinski definition) is 6. The van der Waals surface area contributed by atoms with Crippen molar-refractivity contribution in [1.82, 2.24) is 25.5 Å². The number of nitrogens with one attached hydrogen (secondary N) is 1. The Bertz CT molecular complexity index is 693. The topological polar surface area (TPSA) is 75.9 Å². The van der Waals surface area contributed by atoms with E-state index in [-0.39, 0.29) is 5.91 Å². The molecule has 1 saturated carbocycles. The second-order valence-electron chi connectivity index (χ2n) is 6.47. The van der Waals surface area contributed by atoms with E-state index in [9.17, 15) is 4.79 Å². The molecule has 1 heterocycles. The van der Waals surface area contributed by atoms with E-state index in [2.05, 4.69) is 20.8 Å². The molecule has 1 fully saturated rings. The Balaban J connectivity index is 1.46. The predicted molar refractivity (Wildman–Crippen MR) is 98.7 cm³/mol. The molecule has 2 aromatic rings. The maximum Gasteiger partial charge on any atom is 0.230 e. The molecule has 25 heavy (non-hydrogen) atoms. The Morgan fingerprint density at radius 1 is 1.28 bits per heavy atom. The minimum Gasteiger partial charge on any atom is -0.378 e. The number of carbonyl (C=O) groups excluding carboxylic acids is 1. The summed E-state index contributed by atoms with van der Waals surface area (Å²) >= 11 is 1.40. The maximum atomic E-state index is 12.1. The van der Waals surface area contributed by atoms with Gasteiger partial charge in [0.15, 0.2) is 0 Å². The highest BCUT2D eigenvalue weighted by molar-refractivity contribution is 7.99. The van der Waals surface area contributed by atoms with Crippen LogP contribution in [0.1, 0.15) is 37.3 Å². The molecule has 3 rings (SSSR count). The average Bonchev–Trinajstić information content (AvgIpc) is 3.29. The van der Waals surface area contributed by atoms with Gasteiger partial charge in [-0.25, -0.2) is 4.68 Å². The van der Waals surface area contributed by atoms with Crippen molar-refractivity contribution >= 4 is 23.4 Å². The van der Waals surface area contributed by atoms with Crippen molar-refractivity contribution < 1.29 is 4.79 Å². The van der Waals surface area contributed by atoms with Crippen LogP contribution in [0.4, 0.5) is 5.69 Å². The van der Waals surface area contributed by atoms with Gasteiger partial charge in [0.1, 0.15) is 0 Å². The van der Waals surface area contributed by atoms with Gasteiger partial charge in [0, 0.05) is 26.3 Å². The van der Waals surface area contributed by atoms with Crippen LogP contribution in [0, 0.1) is 0 Å². The summed E-state index contributed by atoms with van der Waals surface area (Å²) in [5.74, 6) is 0.311. The van der Waals surface area contributed by atoms with Crippen LogP contribution in [0.15, 0.2) is 29.4 Å². The summed E-state index contributed by atoms with van der Waals surface area (Å²) in [5.41, 5.74) is 2.23. The van der Waals surface area contributed by atoms with Crippen molar-refractivity contribution in [1.29, 1.82) is 0 Å². The fourth-order valence-corrected chi connectivity index (χ4v) is 3.73. The summed E-state index contributed by atoms with van der Waals surface area (Å²) in [6.45, 7) is 0.528. The van der Waals surface area contributed by atoms with Crippen molar-refractivity contribution in [3.8, 4) is 0 Å². The zero-order valence-electron chi connectivity index (χ0n) is 14.7. The number of aromatic nitrogens is 4. The minimum atomic E-state index is -0.0114. The van der Waals surface area contributed by atoms with Gasteiger partial charge >= 0.3 is 0 Å². The zero-order chi connectivity index (χ0) is 17.6. The van der Waals surface area contributed by atoms with Crippen molar-refractivity contribution in [2.45, 2.75) is 43.4 Å². The summed E-state index contributed by atoms with van der Waals surface area (Å²) < 4.78 is 1.88. The molecule has 7 nitrogen and oxygen atoms in total. The molecule has 8 heteroatoms. The summed E-state index contributed by atoms with van der Waals surface area (Å²) in [7, 11) is 4.01. The van der Waals surface area contributed by atoms with E-state index >= 15 is 0 Å². The average molecular weight is 360 g/mol. The second-order valence-corrected chi connectivity index (χ2v) is 7.41. The number of carbonyl (C=O) groups is 1. The van der Waals surface area contributed by atoms with E-state index in [1.54, 1.807) is 0 Å². The van der Waals surface area contributed by atoms with E-state index in [0.29, 0.717) is 18.3 Å². The van der Waals surface area contributed by atoms with Crippen LogP contribution in [0.25, 0.3) is 0 Å². The van der Waals surface area contributed by atoms with Crippen LogP contribution in [0.2, 0.25) is 0 Å². The number of rotatable bonds is 7. The van der Waals surface area contributed by atoms with Crippen molar-refractivity contribution in [3.63, 3.8) is 0 Å². The third-order valence-electron chi connectivity index (χ3n) is 4.41. The molecule has 1 amide bonds. The number of hydrogen-bond donors (Lipinski definition) is 1. The quantitative estimate of drug-likeness (QED) is 0.764. The Morgan fingerprint density at radius 2 is 2.00 bits per heavy atom. The highest BCUT2D eigenvalue weighted by atomic mass is 32.2. The zero-order valence-corrected chi connectivity index (χ0v) is 15.5. The molecule has 0 saturated heterocycles. The maximum absolute atomic E-state index is 12.1. The lowest BCUT2D eigenvalue weighted by Crippen LogP contribution is -2.25. The minimum absolute atomic E-state index is 0.0114. The van der Waals surface area contributed by atoms with Gasteiger partial charge in [-0.05, 0) is 41.0 Å². The predicted octanol–water partition coefficient (Wildman–Crippen LogP) is 2.26. The van der Waals surface area contributed by atoms with E-state index in [0.717, 1.165) is 29.2 Å². The molecular weight excluding hydrogens is 336 g/mol. The smallest absolute Gasteiger partial charge is 0.230 e. The molecule has 1 N–H and O–H groups in total. The first-order chi connectivity index (χ1) is 12.1. The third-order valence-corrected chi connectivity index (χ3v) is 5.34.